The molecule has 1 aromatic carbocycles. The van der Waals surface area contributed by atoms with E-state index in [2.05, 4.69) is 29.0 Å². The monoisotopic (exact) mass is 429 g/mol. The number of nitrogens with zero attached hydrogens (tertiary/aromatic N) is 2. The molecule has 6 nitrogen and oxygen atoms in total. The summed E-state index contributed by atoms with van der Waals surface area (Å²) in [5.74, 6) is 0.113. The summed E-state index contributed by atoms with van der Waals surface area (Å²) in [4.78, 5) is 18.9. The van der Waals surface area contributed by atoms with Crippen LogP contribution in [0.1, 0.15) is 19.5 Å². The minimum atomic E-state index is -0.296. The third kappa shape index (κ3) is 6.05. The Morgan fingerprint density at radius 1 is 1.37 bits per heavy atom. The number of halogens is 2. The second kappa shape index (κ2) is 9.21. The molecule has 2 aromatic rings. The Kier molecular flexibility index (Phi) is 6.94. The fourth-order valence-electron chi connectivity index (χ4n) is 2.97. The largest absolute Gasteiger partial charge is 0.482 e. The number of thiazole rings is 1. The van der Waals surface area contributed by atoms with Crippen molar-refractivity contribution in [2.75, 3.05) is 25.0 Å². The van der Waals surface area contributed by atoms with E-state index in [4.69, 9.17) is 32.7 Å². The summed E-state index contributed by atoms with van der Waals surface area (Å²) in [7, 11) is 0. The van der Waals surface area contributed by atoms with Crippen LogP contribution in [0.2, 0.25) is 10.0 Å². The van der Waals surface area contributed by atoms with Gasteiger partial charge in [0.2, 0.25) is 0 Å². The van der Waals surface area contributed by atoms with Crippen molar-refractivity contribution in [2.24, 2.45) is 0 Å². The van der Waals surface area contributed by atoms with Gasteiger partial charge >= 0.3 is 0 Å². The second-order valence-electron chi connectivity index (χ2n) is 6.51. The van der Waals surface area contributed by atoms with E-state index in [1.54, 1.807) is 18.2 Å². The molecule has 146 valence electrons. The predicted molar refractivity (Wildman–Crippen MR) is 108 cm³/mol. The zero-order valence-electron chi connectivity index (χ0n) is 15.1. The average molecular weight is 430 g/mol. The molecule has 1 aliphatic heterocycles. The van der Waals surface area contributed by atoms with E-state index in [1.165, 1.54) is 11.3 Å². The second-order valence-corrected chi connectivity index (χ2v) is 8.21. The zero-order chi connectivity index (χ0) is 19.4. The van der Waals surface area contributed by atoms with Gasteiger partial charge in [-0.15, -0.1) is 11.3 Å². The number of hydrogen-bond donors (Lipinski definition) is 1. The third-order valence-corrected chi connectivity index (χ3v) is 5.27. The molecule has 0 saturated carbocycles. The van der Waals surface area contributed by atoms with Gasteiger partial charge in [0.25, 0.3) is 5.91 Å². The summed E-state index contributed by atoms with van der Waals surface area (Å²) < 4.78 is 11.2. The molecule has 2 atom stereocenters. The van der Waals surface area contributed by atoms with Gasteiger partial charge in [0.05, 0.1) is 22.9 Å². The zero-order valence-corrected chi connectivity index (χ0v) is 17.4. The Balaban J connectivity index is 1.49. The highest BCUT2D eigenvalue weighted by Gasteiger charge is 2.22. The van der Waals surface area contributed by atoms with Crippen molar-refractivity contribution in [3.05, 3.63) is 39.3 Å². The van der Waals surface area contributed by atoms with Crippen molar-refractivity contribution in [3.63, 3.8) is 0 Å². The van der Waals surface area contributed by atoms with Gasteiger partial charge in [-0.05, 0) is 32.0 Å². The standard InChI is InChI=1S/C18H21Cl2N3O3S/c1-11-6-23(7-12(2)26-11)8-14-10-27-18(21-14)22-17(24)9-25-16-4-3-13(19)5-15(16)20/h3-5,10-12H,6-9H2,1-2H3,(H,21,22,24)/t11-,12-/m1/s1. The Morgan fingerprint density at radius 3 is 2.81 bits per heavy atom. The SMILES string of the molecule is C[C@@H]1CN(Cc2csc(NC(=O)COc3ccc(Cl)cc3Cl)n2)C[C@@H](C)O1. The van der Waals surface area contributed by atoms with Crippen LogP contribution in [0, 0.1) is 0 Å². The highest BCUT2D eigenvalue weighted by atomic mass is 35.5. The number of carbonyl (C=O) groups excluding carboxylic acids is 1. The van der Waals surface area contributed by atoms with Crippen LogP contribution in [0.3, 0.4) is 0 Å². The fraction of sp³-hybridized carbons (Fsp3) is 0.444. The molecular weight excluding hydrogens is 409 g/mol. The first-order valence-electron chi connectivity index (χ1n) is 8.59. The molecule has 27 heavy (non-hydrogen) atoms. The lowest BCUT2D eigenvalue weighted by Crippen LogP contribution is -2.44. The van der Waals surface area contributed by atoms with Crippen LogP contribution in [0.5, 0.6) is 5.75 Å². The molecule has 1 saturated heterocycles. The number of aromatic nitrogens is 1. The van der Waals surface area contributed by atoms with Crippen LogP contribution < -0.4 is 10.1 Å². The molecule has 3 rings (SSSR count). The van der Waals surface area contributed by atoms with Crippen molar-refractivity contribution in [3.8, 4) is 5.75 Å². The van der Waals surface area contributed by atoms with Crippen LogP contribution in [-0.4, -0.2) is 47.7 Å². The molecule has 0 radical (unpaired) electrons. The first-order chi connectivity index (χ1) is 12.9. The van der Waals surface area contributed by atoms with Gasteiger partial charge < -0.3 is 9.47 Å². The maximum absolute atomic E-state index is 12.1. The number of hydrogen-bond acceptors (Lipinski definition) is 6. The molecule has 0 spiro atoms. The molecule has 0 unspecified atom stereocenters. The van der Waals surface area contributed by atoms with Crippen molar-refractivity contribution in [1.29, 1.82) is 0 Å². The van der Waals surface area contributed by atoms with Gasteiger partial charge in [0, 0.05) is 30.0 Å². The van der Waals surface area contributed by atoms with E-state index in [1.807, 2.05) is 5.38 Å². The van der Waals surface area contributed by atoms with E-state index in [-0.39, 0.29) is 24.7 Å². The fourth-order valence-corrected chi connectivity index (χ4v) is 4.15. The van der Waals surface area contributed by atoms with Crippen LogP contribution in [0.25, 0.3) is 0 Å². The van der Waals surface area contributed by atoms with Crippen molar-refractivity contribution in [1.82, 2.24) is 9.88 Å². The van der Waals surface area contributed by atoms with Crippen molar-refractivity contribution < 1.29 is 14.3 Å². The molecule has 9 heteroatoms. The molecule has 1 N–H and O–H groups in total. The molecule has 0 bridgehead atoms. The third-order valence-electron chi connectivity index (χ3n) is 3.93. The Morgan fingerprint density at radius 2 is 2.11 bits per heavy atom. The number of anilines is 1. The predicted octanol–water partition coefficient (Wildman–Crippen LogP) is 4.08. The van der Waals surface area contributed by atoms with Crippen LogP contribution in [0.15, 0.2) is 23.6 Å². The Bertz CT molecular complexity index is 792. The first kappa shape index (κ1) is 20.4. The minimum Gasteiger partial charge on any atom is -0.482 e. The molecule has 2 heterocycles. The molecular formula is C18H21Cl2N3O3S. The van der Waals surface area contributed by atoms with Gasteiger partial charge in [-0.2, -0.15) is 0 Å². The summed E-state index contributed by atoms with van der Waals surface area (Å²) in [6.45, 7) is 6.47. The lowest BCUT2D eigenvalue weighted by molar-refractivity contribution is -0.118. The highest BCUT2D eigenvalue weighted by Crippen LogP contribution is 2.27. The molecule has 1 amide bonds. The molecule has 0 aliphatic carbocycles. The van der Waals surface area contributed by atoms with E-state index in [0.29, 0.717) is 20.9 Å². The maximum Gasteiger partial charge on any atom is 0.264 e. The van der Waals surface area contributed by atoms with Crippen LogP contribution in [0.4, 0.5) is 5.13 Å². The lowest BCUT2D eigenvalue weighted by Gasteiger charge is -2.34. The summed E-state index contributed by atoms with van der Waals surface area (Å²) in [5, 5.41) is 6.13. The van der Waals surface area contributed by atoms with Crippen LogP contribution >= 0.6 is 34.5 Å². The summed E-state index contributed by atoms with van der Waals surface area (Å²) >= 11 is 13.3. The van der Waals surface area contributed by atoms with E-state index < -0.39 is 0 Å². The minimum absolute atomic E-state index is 0.158. The number of carbonyl (C=O) groups is 1. The molecule has 1 fully saturated rings. The number of morpholine rings is 1. The quantitative estimate of drug-likeness (QED) is 0.749. The molecule has 1 aromatic heterocycles. The molecule has 1 aliphatic rings. The van der Waals surface area contributed by atoms with Crippen LogP contribution in [-0.2, 0) is 16.1 Å². The number of benzene rings is 1. The summed E-state index contributed by atoms with van der Waals surface area (Å²) in [6.07, 6.45) is 0.423. The Hall–Kier alpha value is -1.38. The van der Waals surface area contributed by atoms with Gasteiger partial charge in [-0.1, -0.05) is 23.2 Å². The first-order valence-corrected chi connectivity index (χ1v) is 10.2. The Labute approximate surface area is 172 Å². The smallest absolute Gasteiger partial charge is 0.264 e. The normalized spacial score (nSPS) is 20.4. The average Bonchev–Trinajstić information content (AvgIpc) is 3.00. The summed E-state index contributed by atoms with van der Waals surface area (Å²) in [5.41, 5.74) is 0.929. The van der Waals surface area contributed by atoms with Gasteiger partial charge in [-0.3, -0.25) is 15.0 Å². The summed E-state index contributed by atoms with van der Waals surface area (Å²) in [6, 6.07) is 4.85. The maximum atomic E-state index is 12.1. The van der Waals surface area contributed by atoms with E-state index in [0.717, 1.165) is 25.3 Å². The van der Waals surface area contributed by atoms with Crippen molar-refractivity contribution in [2.45, 2.75) is 32.6 Å². The highest BCUT2D eigenvalue weighted by molar-refractivity contribution is 7.13. The lowest BCUT2D eigenvalue weighted by atomic mass is 10.2. The number of nitrogens with one attached hydrogen (secondary N) is 1. The number of amides is 1. The van der Waals surface area contributed by atoms with E-state index >= 15 is 0 Å². The number of ether oxygens (including phenoxy) is 2. The van der Waals surface area contributed by atoms with Crippen molar-refractivity contribution >= 4 is 45.6 Å². The van der Waals surface area contributed by atoms with Gasteiger partial charge in [0.1, 0.15) is 5.75 Å². The van der Waals surface area contributed by atoms with Gasteiger partial charge in [0.15, 0.2) is 11.7 Å². The van der Waals surface area contributed by atoms with E-state index in [9.17, 15) is 4.79 Å². The number of rotatable bonds is 6. The topological polar surface area (TPSA) is 63.7 Å². The van der Waals surface area contributed by atoms with Gasteiger partial charge in [-0.25, -0.2) is 4.98 Å².